The molecule has 0 amide bonds. The zero-order valence-corrected chi connectivity index (χ0v) is 6.91. The smallest absolute Gasteiger partial charge is 0.432 e. The van der Waals surface area contributed by atoms with Gasteiger partial charge in [0.15, 0.2) is 0 Å². The van der Waals surface area contributed by atoms with Crippen LogP contribution < -0.4 is 0 Å². The van der Waals surface area contributed by atoms with Gasteiger partial charge in [0.1, 0.15) is 5.69 Å². The SMILES string of the molecule is O=Nc1cccc2c1cnn2C(=O)O. The van der Waals surface area contributed by atoms with E-state index in [0.717, 1.165) is 4.68 Å². The van der Waals surface area contributed by atoms with Gasteiger partial charge >= 0.3 is 6.09 Å². The van der Waals surface area contributed by atoms with Gasteiger partial charge in [-0.3, -0.25) is 0 Å². The summed E-state index contributed by atoms with van der Waals surface area (Å²) in [4.78, 5) is 21.0. The predicted molar refractivity (Wildman–Crippen MR) is 48.6 cm³/mol. The first-order chi connectivity index (χ1) is 6.74. The van der Waals surface area contributed by atoms with E-state index in [0.29, 0.717) is 10.9 Å². The summed E-state index contributed by atoms with van der Waals surface area (Å²) in [7, 11) is 0. The van der Waals surface area contributed by atoms with Gasteiger partial charge in [0.25, 0.3) is 0 Å². The van der Waals surface area contributed by atoms with Crippen molar-refractivity contribution in [2.45, 2.75) is 0 Å². The molecule has 0 atom stereocenters. The fourth-order valence-electron chi connectivity index (χ4n) is 1.27. The van der Waals surface area contributed by atoms with Crippen LogP contribution >= 0.6 is 0 Å². The van der Waals surface area contributed by atoms with Crippen LogP contribution in [0.5, 0.6) is 0 Å². The molecule has 0 saturated carbocycles. The molecule has 6 heteroatoms. The summed E-state index contributed by atoms with van der Waals surface area (Å²) in [5.41, 5.74) is 0.546. The Hall–Kier alpha value is -2.24. The molecule has 2 rings (SSSR count). The molecule has 1 heterocycles. The highest BCUT2D eigenvalue weighted by molar-refractivity contribution is 5.94. The molecular formula is C8H5N3O3. The second-order valence-electron chi connectivity index (χ2n) is 2.64. The Morgan fingerprint density at radius 1 is 1.50 bits per heavy atom. The lowest BCUT2D eigenvalue weighted by Crippen LogP contribution is -2.08. The predicted octanol–water partition coefficient (Wildman–Crippen LogP) is 1.96. The van der Waals surface area contributed by atoms with E-state index in [-0.39, 0.29) is 5.69 Å². The van der Waals surface area contributed by atoms with Gasteiger partial charge in [-0.15, -0.1) is 4.91 Å². The molecule has 0 fully saturated rings. The molecule has 1 aromatic heterocycles. The topological polar surface area (TPSA) is 84.5 Å². The van der Waals surface area contributed by atoms with Crippen LogP contribution in [0.2, 0.25) is 0 Å². The van der Waals surface area contributed by atoms with Crippen molar-refractivity contribution in [1.29, 1.82) is 0 Å². The molecule has 14 heavy (non-hydrogen) atoms. The first-order valence-electron chi connectivity index (χ1n) is 3.77. The van der Waals surface area contributed by atoms with Crippen molar-refractivity contribution in [3.05, 3.63) is 29.3 Å². The van der Waals surface area contributed by atoms with Gasteiger partial charge in [-0.1, -0.05) is 6.07 Å². The fraction of sp³-hybridized carbons (Fsp3) is 0. The van der Waals surface area contributed by atoms with Crippen molar-refractivity contribution >= 4 is 22.7 Å². The first kappa shape index (κ1) is 8.36. The van der Waals surface area contributed by atoms with E-state index in [4.69, 9.17) is 5.11 Å². The molecule has 2 aromatic rings. The average molecular weight is 191 g/mol. The van der Waals surface area contributed by atoms with E-state index < -0.39 is 6.09 Å². The molecule has 0 aliphatic heterocycles. The summed E-state index contributed by atoms with van der Waals surface area (Å²) < 4.78 is 0.796. The van der Waals surface area contributed by atoms with Crippen molar-refractivity contribution in [1.82, 2.24) is 9.78 Å². The maximum atomic E-state index is 10.7. The normalized spacial score (nSPS) is 10.3. The highest BCUT2D eigenvalue weighted by Gasteiger charge is 2.10. The Balaban J connectivity index is 2.82. The minimum atomic E-state index is -1.19. The number of nitrogens with zero attached hydrogens (tertiary/aromatic N) is 3. The molecule has 0 radical (unpaired) electrons. The van der Waals surface area contributed by atoms with E-state index in [1.165, 1.54) is 12.3 Å². The minimum Gasteiger partial charge on any atom is -0.463 e. The van der Waals surface area contributed by atoms with Gasteiger partial charge in [-0.2, -0.15) is 9.78 Å². The van der Waals surface area contributed by atoms with Gasteiger partial charge < -0.3 is 5.11 Å². The Morgan fingerprint density at radius 3 is 2.93 bits per heavy atom. The monoisotopic (exact) mass is 191 g/mol. The number of rotatable bonds is 1. The largest absolute Gasteiger partial charge is 0.463 e. The van der Waals surface area contributed by atoms with Crippen LogP contribution in [-0.2, 0) is 0 Å². The van der Waals surface area contributed by atoms with Crippen LogP contribution in [0.3, 0.4) is 0 Å². The van der Waals surface area contributed by atoms with Crippen LogP contribution in [-0.4, -0.2) is 21.0 Å². The molecule has 6 nitrogen and oxygen atoms in total. The Bertz CT molecular complexity index is 518. The number of carbonyl (C=O) groups is 1. The standard InChI is InChI=1S/C8H5N3O3/c12-8(13)11-7-3-1-2-6(10-14)5(7)4-9-11/h1-4H,(H,12,13). The molecule has 0 spiro atoms. The van der Waals surface area contributed by atoms with Crippen LogP contribution in [0, 0.1) is 4.91 Å². The number of carboxylic acid groups (broad SMARTS) is 1. The third kappa shape index (κ3) is 1.05. The van der Waals surface area contributed by atoms with Crippen molar-refractivity contribution in [2.75, 3.05) is 0 Å². The van der Waals surface area contributed by atoms with Crippen LogP contribution in [0.1, 0.15) is 0 Å². The average Bonchev–Trinajstić information content (AvgIpc) is 2.60. The number of hydrogen-bond donors (Lipinski definition) is 1. The summed E-state index contributed by atoms with van der Waals surface area (Å²) in [5.74, 6) is 0. The highest BCUT2D eigenvalue weighted by Crippen LogP contribution is 2.24. The van der Waals surface area contributed by atoms with Crippen LogP contribution in [0.25, 0.3) is 10.9 Å². The lowest BCUT2D eigenvalue weighted by atomic mass is 10.2. The van der Waals surface area contributed by atoms with Gasteiger partial charge in [-0.25, -0.2) is 4.79 Å². The highest BCUT2D eigenvalue weighted by atomic mass is 16.4. The third-order valence-electron chi connectivity index (χ3n) is 1.87. The molecule has 0 unspecified atom stereocenters. The molecule has 0 saturated heterocycles. The zero-order chi connectivity index (χ0) is 10.1. The number of aromatic nitrogens is 2. The van der Waals surface area contributed by atoms with Crippen molar-refractivity contribution < 1.29 is 9.90 Å². The summed E-state index contributed by atoms with van der Waals surface area (Å²) >= 11 is 0. The maximum absolute atomic E-state index is 10.7. The number of benzene rings is 1. The Morgan fingerprint density at radius 2 is 2.29 bits per heavy atom. The van der Waals surface area contributed by atoms with Crippen molar-refractivity contribution in [2.24, 2.45) is 5.18 Å². The maximum Gasteiger partial charge on any atom is 0.432 e. The second-order valence-corrected chi connectivity index (χ2v) is 2.64. The Labute approximate surface area is 77.7 Å². The third-order valence-corrected chi connectivity index (χ3v) is 1.87. The van der Waals surface area contributed by atoms with Crippen LogP contribution in [0.15, 0.2) is 29.6 Å². The summed E-state index contributed by atoms with van der Waals surface area (Å²) in [6.07, 6.45) is 0.114. The van der Waals surface area contributed by atoms with Crippen molar-refractivity contribution in [3.8, 4) is 0 Å². The molecule has 1 N–H and O–H groups in total. The molecule has 0 aliphatic rings. The molecule has 70 valence electrons. The minimum absolute atomic E-state index is 0.190. The molecule has 0 bridgehead atoms. The van der Waals surface area contributed by atoms with E-state index in [9.17, 15) is 9.70 Å². The van der Waals surface area contributed by atoms with E-state index in [2.05, 4.69) is 10.3 Å². The summed E-state index contributed by atoms with van der Waals surface area (Å²) in [5, 5.41) is 15.6. The van der Waals surface area contributed by atoms with E-state index >= 15 is 0 Å². The quantitative estimate of drug-likeness (QED) is 0.698. The second kappa shape index (κ2) is 2.91. The van der Waals surface area contributed by atoms with Gasteiger partial charge in [0.2, 0.25) is 0 Å². The van der Waals surface area contributed by atoms with E-state index in [1.54, 1.807) is 12.1 Å². The van der Waals surface area contributed by atoms with Crippen LogP contribution in [0.4, 0.5) is 10.5 Å². The molecular weight excluding hydrogens is 186 g/mol. The number of fused-ring (bicyclic) bond motifs is 1. The van der Waals surface area contributed by atoms with Gasteiger partial charge in [0.05, 0.1) is 11.7 Å². The van der Waals surface area contributed by atoms with Crippen molar-refractivity contribution in [3.63, 3.8) is 0 Å². The number of hydrogen-bond acceptors (Lipinski definition) is 4. The molecule has 1 aromatic carbocycles. The lowest BCUT2D eigenvalue weighted by Gasteiger charge is -1.95. The number of nitroso groups, excluding NO2 is 1. The van der Waals surface area contributed by atoms with Gasteiger partial charge in [0, 0.05) is 5.39 Å². The first-order valence-corrected chi connectivity index (χ1v) is 3.77. The fourth-order valence-corrected chi connectivity index (χ4v) is 1.27. The summed E-state index contributed by atoms with van der Waals surface area (Å²) in [6.45, 7) is 0. The summed E-state index contributed by atoms with van der Waals surface area (Å²) in [6, 6.07) is 4.62. The van der Waals surface area contributed by atoms with E-state index in [1.807, 2.05) is 0 Å². The van der Waals surface area contributed by atoms with Gasteiger partial charge in [-0.05, 0) is 17.3 Å². The zero-order valence-electron chi connectivity index (χ0n) is 6.91. The molecule has 0 aliphatic carbocycles. The Kier molecular flexibility index (Phi) is 1.74. The lowest BCUT2D eigenvalue weighted by molar-refractivity contribution is 0.194.